The van der Waals surface area contributed by atoms with Gasteiger partial charge in [-0.1, -0.05) is 17.0 Å². The molecular weight excluding hydrogens is 402 g/mol. The molecule has 0 radical (unpaired) electrons. The van der Waals surface area contributed by atoms with Crippen LogP contribution in [0, 0.1) is 11.8 Å². The van der Waals surface area contributed by atoms with Gasteiger partial charge in [0, 0.05) is 31.3 Å². The van der Waals surface area contributed by atoms with Crippen molar-refractivity contribution in [2.75, 3.05) is 27.3 Å². The number of likely N-dealkylation sites (N-methyl/N-ethyl adjacent to an activating group) is 2. The van der Waals surface area contributed by atoms with Gasteiger partial charge >= 0.3 is 0 Å². The number of nitrogens with one attached hydrogen (secondary N) is 1. The molecule has 9 nitrogen and oxygen atoms in total. The van der Waals surface area contributed by atoms with Crippen molar-refractivity contribution in [1.82, 2.24) is 10.2 Å². The van der Waals surface area contributed by atoms with Crippen molar-refractivity contribution in [3.63, 3.8) is 0 Å². The average molecular weight is 425 g/mol. The van der Waals surface area contributed by atoms with Crippen LogP contribution in [0.5, 0.6) is 0 Å². The molecule has 2 rings (SSSR count). The van der Waals surface area contributed by atoms with Gasteiger partial charge < -0.3 is 24.6 Å². The van der Waals surface area contributed by atoms with E-state index in [4.69, 9.17) is 14.4 Å². The van der Waals surface area contributed by atoms with Gasteiger partial charge in [-0.2, -0.15) is 0 Å². The summed E-state index contributed by atoms with van der Waals surface area (Å²) in [6, 6.07) is 6.68. The van der Waals surface area contributed by atoms with Crippen LogP contribution in [-0.2, 0) is 14.4 Å². The van der Waals surface area contributed by atoms with Crippen molar-refractivity contribution in [1.29, 1.82) is 0 Å². The lowest BCUT2D eigenvalue weighted by molar-refractivity contribution is -0.135. The Hall–Kier alpha value is -3.90. The van der Waals surface area contributed by atoms with Gasteiger partial charge in [0.1, 0.15) is 31.5 Å². The summed E-state index contributed by atoms with van der Waals surface area (Å²) in [5.74, 6) is 4.41. The third-order valence-corrected chi connectivity index (χ3v) is 4.15. The molecule has 1 unspecified atom stereocenters. The highest BCUT2D eigenvalue weighted by molar-refractivity contribution is 6.10. The number of hydrogen-bond acceptors (Lipinski definition) is 7. The molecule has 0 saturated heterocycles. The molecule has 1 atom stereocenters. The molecule has 9 heteroatoms. The first-order valence-corrected chi connectivity index (χ1v) is 9.39. The topological polar surface area (TPSA) is 121 Å². The van der Waals surface area contributed by atoms with Gasteiger partial charge in [0.2, 0.25) is 5.91 Å². The van der Waals surface area contributed by atoms with Crippen LogP contribution in [0.25, 0.3) is 0 Å². The molecule has 1 aromatic heterocycles. The quantitative estimate of drug-likeness (QED) is 0.279. The van der Waals surface area contributed by atoms with Crippen molar-refractivity contribution >= 4 is 23.8 Å². The third-order valence-electron chi connectivity index (χ3n) is 4.15. The summed E-state index contributed by atoms with van der Waals surface area (Å²) in [4.78, 5) is 42.4. The van der Waals surface area contributed by atoms with Crippen molar-refractivity contribution < 1.29 is 28.7 Å². The number of aliphatic hydroxyl groups is 1. The number of rotatable bonds is 8. The summed E-state index contributed by atoms with van der Waals surface area (Å²) in [6.07, 6.45) is 2.93. The van der Waals surface area contributed by atoms with Crippen LogP contribution in [-0.4, -0.2) is 67.2 Å². The van der Waals surface area contributed by atoms with Crippen LogP contribution in [0.4, 0.5) is 0 Å². The predicted octanol–water partition coefficient (Wildman–Crippen LogP) is 0.798. The largest absolute Gasteiger partial charge is 0.462 e. The van der Waals surface area contributed by atoms with E-state index in [-0.39, 0.29) is 5.56 Å². The Morgan fingerprint density at radius 2 is 1.94 bits per heavy atom. The minimum atomic E-state index is -1.41. The van der Waals surface area contributed by atoms with Crippen molar-refractivity contribution in [3.8, 4) is 11.8 Å². The summed E-state index contributed by atoms with van der Waals surface area (Å²) in [7, 11) is 2.68. The maximum Gasteiger partial charge on any atom is 0.254 e. The first kappa shape index (κ1) is 23.4. The standard InChI is InChI=1S/C22H23N3O6/c1-4-31-24-12-18-11-16(14-30-18)6-5-15-7-9-17(10-8-15)22(29)25(3)20(19(27)13-26)21(28)23-2/h7-12,14,20,26H,4,13H2,1-3H3,(H,23,28)/b24-12+. The molecule has 0 saturated carbocycles. The number of oxime groups is 1. The highest BCUT2D eigenvalue weighted by Gasteiger charge is 2.32. The van der Waals surface area contributed by atoms with Gasteiger partial charge in [-0.15, -0.1) is 0 Å². The Morgan fingerprint density at radius 1 is 1.26 bits per heavy atom. The normalized spacial score (nSPS) is 11.4. The maximum atomic E-state index is 12.7. The molecule has 0 aliphatic rings. The van der Waals surface area contributed by atoms with E-state index in [0.717, 1.165) is 4.90 Å². The van der Waals surface area contributed by atoms with E-state index in [1.807, 2.05) is 6.92 Å². The van der Waals surface area contributed by atoms with Crippen molar-refractivity contribution in [3.05, 3.63) is 59.0 Å². The fraction of sp³-hybridized carbons (Fsp3) is 0.273. The summed E-state index contributed by atoms with van der Waals surface area (Å²) >= 11 is 0. The van der Waals surface area contributed by atoms with Crippen LogP contribution in [0.1, 0.15) is 34.2 Å². The monoisotopic (exact) mass is 425 g/mol. The molecule has 162 valence electrons. The third kappa shape index (κ3) is 6.29. The molecule has 31 heavy (non-hydrogen) atoms. The van der Waals surface area contributed by atoms with E-state index < -0.39 is 30.2 Å². The number of ketones is 1. The summed E-state index contributed by atoms with van der Waals surface area (Å²) in [5, 5.41) is 15.1. The zero-order valence-electron chi connectivity index (χ0n) is 17.4. The number of Topliss-reactive ketones (excluding diaryl/α,β-unsaturated/α-hetero) is 1. The molecule has 1 heterocycles. The van der Waals surface area contributed by atoms with Gasteiger partial charge in [0.25, 0.3) is 5.91 Å². The molecule has 2 N–H and O–H groups in total. The predicted molar refractivity (Wildman–Crippen MR) is 112 cm³/mol. The van der Waals surface area contributed by atoms with E-state index in [9.17, 15) is 14.4 Å². The van der Waals surface area contributed by atoms with Gasteiger partial charge in [-0.05, 0) is 31.2 Å². The van der Waals surface area contributed by atoms with Gasteiger partial charge in [0.05, 0.1) is 5.56 Å². The van der Waals surface area contributed by atoms with Crippen LogP contribution in [0.2, 0.25) is 0 Å². The van der Waals surface area contributed by atoms with E-state index >= 15 is 0 Å². The molecule has 1 aromatic carbocycles. The van der Waals surface area contributed by atoms with Gasteiger partial charge in [-0.25, -0.2) is 0 Å². The Kier molecular flexibility index (Phi) is 8.54. The number of aliphatic hydroxyl groups excluding tert-OH is 1. The Labute approximate surface area is 179 Å². The molecule has 2 amide bonds. The van der Waals surface area contributed by atoms with E-state index in [1.54, 1.807) is 30.3 Å². The summed E-state index contributed by atoms with van der Waals surface area (Å²) in [6.45, 7) is 1.43. The molecular formula is C22H23N3O6. The Morgan fingerprint density at radius 3 is 2.55 bits per heavy atom. The average Bonchev–Trinajstić information content (AvgIpc) is 3.25. The molecule has 0 aliphatic heterocycles. The summed E-state index contributed by atoms with van der Waals surface area (Å²) < 4.78 is 5.30. The number of amides is 2. The lowest BCUT2D eigenvalue weighted by Gasteiger charge is -2.25. The van der Waals surface area contributed by atoms with Crippen LogP contribution < -0.4 is 5.32 Å². The highest BCUT2D eigenvalue weighted by Crippen LogP contribution is 2.11. The number of carbonyl (C=O) groups is 3. The van der Waals surface area contributed by atoms with Crippen LogP contribution >= 0.6 is 0 Å². The minimum Gasteiger partial charge on any atom is -0.462 e. The zero-order chi connectivity index (χ0) is 22.8. The first-order chi connectivity index (χ1) is 14.9. The fourth-order valence-electron chi connectivity index (χ4n) is 2.57. The van der Waals surface area contributed by atoms with E-state index in [0.29, 0.717) is 23.5 Å². The lowest BCUT2D eigenvalue weighted by atomic mass is 10.1. The molecule has 2 aromatic rings. The fourth-order valence-corrected chi connectivity index (χ4v) is 2.57. The molecule has 0 fully saturated rings. The zero-order valence-corrected chi connectivity index (χ0v) is 17.4. The van der Waals surface area contributed by atoms with Gasteiger partial charge in [0.15, 0.2) is 11.8 Å². The number of furan rings is 1. The van der Waals surface area contributed by atoms with Crippen molar-refractivity contribution in [2.45, 2.75) is 13.0 Å². The van der Waals surface area contributed by atoms with Crippen molar-refractivity contribution in [2.24, 2.45) is 5.16 Å². The number of hydrogen-bond donors (Lipinski definition) is 2. The molecule has 0 aliphatic carbocycles. The highest BCUT2D eigenvalue weighted by atomic mass is 16.6. The Bertz CT molecular complexity index is 998. The lowest BCUT2D eigenvalue weighted by Crippen LogP contribution is -2.52. The molecule has 0 spiro atoms. The minimum absolute atomic E-state index is 0.269. The van der Waals surface area contributed by atoms with E-state index in [1.165, 1.54) is 26.6 Å². The number of benzene rings is 1. The van der Waals surface area contributed by atoms with Gasteiger partial charge in [-0.3, -0.25) is 14.4 Å². The number of carbonyl (C=O) groups excluding carboxylic acids is 3. The number of nitrogens with zero attached hydrogens (tertiary/aromatic N) is 2. The smallest absolute Gasteiger partial charge is 0.254 e. The molecule has 0 bridgehead atoms. The second-order valence-corrected chi connectivity index (χ2v) is 6.27. The first-order valence-electron chi connectivity index (χ1n) is 9.39. The maximum absolute atomic E-state index is 12.7. The SMILES string of the molecule is CCO/N=C/c1cc(C#Cc2ccc(C(=O)N(C)C(C(=O)CO)C(=O)NC)cc2)co1. The van der Waals surface area contributed by atoms with E-state index in [2.05, 4.69) is 22.3 Å². The second-order valence-electron chi connectivity index (χ2n) is 6.27. The second kappa shape index (κ2) is 11.3. The Balaban J connectivity index is 2.11. The van der Waals surface area contributed by atoms with Crippen LogP contribution in [0.3, 0.4) is 0 Å². The van der Waals surface area contributed by atoms with Crippen LogP contribution in [0.15, 0.2) is 46.2 Å². The summed E-state index contributed by atoms with van der Waals surface area (Å²) in [5.41, 5.74) is 1.57.